The molecule has 152 valence electrons. The third-order valence-electron chi connectivity index (χ3n) is 5.35. The van der Waals surface area contributed by atoms with Crippen LogP contribution in [0.2, 0.25) is 0 Å². The van der Waals surface area contributed by atoms with Gasteiger partial charge in [0, 0.05) is 19.6 Å². The monoisotopic (exact) mass is 398 g/mol. The summed E-state index contributed by atoms with van der Waals surface area (Å²) >= 11 is 0. The van der Waals surface area contributed by atoms with Crippen LogP contribution in [0.15, 0.2) is 46.9 Å². The molecule has 0 amide bonds. The molecule has 4 rings (SSSR count). The molecule has 3 aromatic rings. The zero-order valence-corrected chi connectivity index (χ0v) is 16.6. The highest BCUT2D eigenvalue weighted by Crippen LogP contribution is 2.27. The fourth-order valence-electron chi connectivity index (χ4n) is 3.62. The standard InChI is InChI=1S/C23H24F2N2O2/c1-15-5-3-4-6-22(15)29-18-9-11-27(12-10-18)14-21-16(2)28-23(26-21)19-13-17(24)7-8-20(19)25/h3-8,13,18H,9-12,14H2,1-2H3. The minimum Gasteiger partial charge on any atom is -0.490 e. The summed E-state index contributed by atoms with van der Waals surface area (Å²) in [6.45, 7) is 6.23. The molecule has 0 spiro atoms. The summed E-state index contributed by atoms with van der Waals surface area (Å²) in [5.41, 5.74) is 1.94. The van der Waals surface area contributed by atoms with Crippen LogP contribution in [0.1, 0.15) is 29.9 Å². The van der Waals surface area contributed by atoms with Gasteiger partial charge in [0.2, 0.25) is 5.89 Å². The summed E-state index contributed by atoms with van der Waals surface area (Å²) < 4.78 is 39.3. The first kappa shape index (κ1) is 19.6. The maximum Gasteiger partial charge on any atom is 0.229 e. The van der Waals surface area contributed by atoms with Gasteiger partial charge in [-0.2, -0.15) is 0 Å². The number of rotatable bonds is 5. The first-order valence-electron chi connectivity index (χ1n) is 9.86. The van der Waals surface area contributed by atoms with Crippen molar-refractivity contribution in [3.05, 3.63) is 71.1 Å². The van der Waals surface area contributed by atoms with Gasteiger partial charge in [0.25, 0.3) is 0 Å². The molecule has 1 aliphatic heterocycles. The van der Waals surface area contributed by atoms with Crippen LogP contribution in [0.4, 0.5) is 8.78 Å². The molecule has 0 unspecified atom stereocenters. The highest BCUT2D eigenvalue weighted by Gasteiger charge is 2.23. The maximum absolute atomic E-state index is 14.0. The van der Waals surface area contributed by atoms with Crippen LogP contribution in [0.25, 0.3) is 11.5 Å². The fourth-order valence-corrected chi connectivity index (χ4v) is 3.62. The van der Waals surface area contributed by atoms with E-state index >= 15 is 0 Å². The van der Waals surface area contributed by atoms with Crippen molar-refractivity contribution in [3.8, 4) is 17.2 Å². The molecule has 1 fully saturated rings. The highest BCUT2D eigenvalue weighted by atomic mass is 19.1. The number of para-hydroxylation sites is 1. The molecule has 4 nitrogen and oxygen atoms in total. The summed E-state index contributed by atoms with van der Waals surface area (Å²) in [6, 6.07) is 11.3. The first-order chi connectivity index (χ1) is 14.0. The Morgan fingerprint density at radius 3 is 2.62 bits per heavy atom. The van der Waals surface area contributed by atoms with E-state index in [0.717, 1.165) is 61.1 Å². The topological polar surface area (TPSA) is 38.5 Å². The third-order valence-corrected chi connectivity index (χ3v) is 5.35. The number of hydrogen-bond acceptors (Lipinski definition) is 4. The van der Waals surface area contributed by atoms with Crippen LogP contribution in [-0.4, -0.2) is 29.1 Å². The molecule has 1 aromatic heterocycles. The van der Waals surface area contributed by atoms with E-state index in [4.69, 9.17) is 9.15 Å². The third kappa shape index (κ3) is 4.48. The summed E-state index contributed by atoms with van der Waals surface area (Å²) in [4.78, 5) is 6.71. The Kier molecular flexibility index (Phi) is 5.62. The van der Waals surface area contributed by atoms with Crippen molar-refractivity contribution >= 4 is 0 Å². The van der Waals surface area contributed by atoms with Crippen LogP contribution in [0, 0.1) is 25.5 Å². The zero-order valence-electron chi connectivity index (χ0n) is 16.6. The second kappa shape index (κ2) is 8.33. The van der Waals surface area contributed by atoms with Crippen molar-refractivity contribution in [3.63, 3.8) is 0 Å². The summed E-state index contributed by atoms with van der Waals surface area (Å²) in [5.74, 6) is 0.622. The van der Waals surface area contributed by atoms with E-state index in [1.807, 2.05) is 18.2 Å². The Balaban J connectivity index is 1.38. The summed E-state index contributed by atoms with van der Waals surface area (Å²) in [7, 11) is 0. The van der Waals surface area contributed by atoms with Gasteiger partial charge in [0.1, 0.15) is 29.2 Å². The van der Waals surface area contributed by atoms with E-state index in [1.54, 1.807) is 6.92 Å². The van der Waals surface area contributed by atoms with Crippen molar-refractivity contribution in [2.24, 2.45) is 0 Å². The molecule has 1 aliphatic rings. The maximum atomic E-state index is 14.0. The Morgan fingerprint density at radius 1 is 1.10 bits per heavy atom. The lowest BCUT2D eigenvalue weighted by Gasteiger charge is -2.32. The predicted molar refractivity (Wildman–Crippen MR) is 107 cm³/mol. The van der Waals surface area contributed by atoms with Gasteiger partial charge in [-0.25, -0.2) is 13.8 Å². The van der Waals surface area contributed by atoms with Crippen molar-refractivity contribution in [2.75, 3.05) is 13.1 Å². The predicted octanol–water partition coefficient (Wildman–Crippen LogP) is 5.28. The van der Waals surface area contributed by atoms with E-state index in [9.17, 15) is 8.78 Å². The van der Waals surface area contributed by atoms with Crippen LogP contribution in [-0.2, 0) is 6.54 Å². The van der Waals surface area contributed by atoms with Gasteiger partial charge in [0.05, 0.1) is 11.3 Å². The lowest BCUT2D eigenvalue weighted by molar-refractivity contribution is 0.0954. The number of hydrogen-bond donors (Lipinski definition) is 0. The minimum absolute atomic E-state index is 0.0460. The van der Waals surface area contributed by atoms with Crippen molar-refractivity contribution in [2.45, 2.75) is 39.3 Å². The molecule has 0 aliphatic carbocycles. The molecule has 2 heterocycles. The number of piperidine rings is 1. The molecule has 29 heavy (non-hydrogen) atoms. The second-order valence-electron chi connectivity index (χ2n) is 7.50. The highest BCUT2D eigenvalue weighted by molar-refractivity contribution is 5.54. The SMILES string of the molecule is Cc1ccccc1OC1CCN(Cc2nc(-c3cc(F)ccc3F)oc2C)CC1. The van der Waals surface area contributed by atoms with Crippen molar-refractivity contribution in [1.29, 1.82) is 0 Å². The van der Waals surface area contributed by atoms with Crippen LogP contribution in [0.5, 0.6) is 5.75 Å². The van der Waals surface area contributed by atoms with Gasteiger partial charge in [-0.05, 0) is 56.5 Å². The van der Waals surface area contributed by atoms with Gasteiger partial charge < -0.3 is 9.15 Å². The van der Waals surface area contributed by atoms with Crippen molar-refractivity contribution < 1.29 is 17.9 Å². The van der Waals surface area contributed by atoms with Crippen LogP contribution >= 0.6 is 0 Å². The normalized spacial score (nSPS) is 15.6. The molecule has 0 bridgehead atoms. The average Bonchev–Trinajstić information content (AvgIpc) is 3.07. The van der Waals surface area contributed by atoms with Gasteiger partial charge in [-0.3, -0.25) is 4.90 Å². The molecular weight excluding hydrogens is 374 g/mol. The van der Waals surface area contributed by atoms with Gasteiger partial charge in [-0.1, -0.05) is 18.2 Å². The smallest absolute Gasteiger partial charge is 0.229 e. The lowest BCUT2D eigenvalue weighted by Crippen LogP contribution is -2.38. The quantitative estimate of drug-likeness (QED) is 0.586. The molecule has 0 radical (unpaired) electrons. The number of oxazole rings is 1. The van der Waals surface area contributed by atoms with Gasteiger partial charge in [0.15, 0.2) is 0 Å². The van der Waals surface area contributed by atoms with Gasteiger partial charge in [-0.15, -0.1) is 0 Å². The Bertz CT molecular complexity index is 994. The molecular formula is C23H24F2N2O2. The molecule has 2 aromatic carbocycles. The van der Waals surface area contributed by atoms with E-state index in [1.165, 1.54) is 0 Å². The molecule has 0 N–H and O–H groups in total. The Morgan fingerprint density at radius 2 is 1.86 bits per heavy atom. The number of benzene rings is 2. The Hall–Kier alpha value is -2.73. The van der Waals surface area contributed by atoms with Crippen molar-refractivity contribution in [1.82, 2.24) is 9.88 Å². The lowest BCUT2D eigenvalue weighted by atomic mass is 10.1. The number of halogens is 2. The average molecular weight is 398 g/mol. The minimum atomic E-state index is -0.548. The fraction of sp³-hybridized carbons (Fsp3) is 0.348. The number of ether oxygens (including phenoxy) is 1. The van der Waals surface area contributed by atoms with Crippen LogP contribution < -0.4 is 4.74 Å². The van der Waals surface area contributed by atoms with E-state index in [2.05, 4.69) is 22.9 Å². The zero-order chi connectivity index (χ0) is 20.4. The Labute approximate surface area is 169 Å². The molecule has 0 atom stereocenters. The largest absolute Gasteiger partial charge is 0.490 e. The summed E-state index contributed by atoms with van der Waals surface area (Å²) in [6.07, 6.45) is 2.05. The van der Waals surface area contributed by atoms with Gasteiger partial charge >= 0.3 is 0 Å². The number of nitrogens with zero attached hydrogens (tertiary/aromatic N) is 2. The van der Waals surface area contributed by atoms with Crippen LogP contribution in [0.3, 0.4) is 0 Å². The second-order valence-corrected chi connectivity index (χ2v) is 7.50. The first-order valence-corrected chi connectivity index (χ1v) is 9.86. The van der Waals surface area contributed by atoms with E-state index in [-0.39, 0.29) is 17.6 Å². The number of aryl methyl sites for hydroxylation is 2. The summed E-state index contributed by atoms with van der Waals surface area (Å²) in [5, 5.41) is 0. The molecule has 1 saturated heterocycles. The number of aromatic nitrogens is 1. The van der Waals surface area contributed by atoms with E-state index < -0.39 is 11.6 Å². The molecule has 6 heteroatoms. The van der Waals surface area contributed by atoms with E-state index in [0.29, 0.717) is 12.3 Å². The molecule has 0 saturated carbocycles. The number of likely N-dealkylation sites (tertiary alicyclic amines) is 1.